The Bertz CT molecular complexity index is 662. The zero-order valence-electron chi connectivity index (χ0n) is 11.9. The highest BCUT2D eigenvalue weighted by molar-refractivity contribution is 5.48. The van der Waals surface area contributed by atoms with E-state index in [1.165, 1.54) is 11.1 Å². The highest BCUT2D eigenvalue weighted by Crippen LogP contribution is 2.36. The van der Waals surface area contributed by atoms with E-state index in [-0.39, 0.29) is 6.79 Å². The molecule has 0 bridgehead atoms. The summed E-state index contributed by atoms with van der Waals surface area (Å²) in [6, 6.07) is 9.74. The monoisotopic (exact) mass is 270 g/mol. The molecule has 3 heteroatoms. The molecule has 0 radical (unpaired) electrons. The number of rotatable bonds is 2. The summed E-state index contributed by atoms with van der Waals surface area (Å²) < 4.78 is 10.7. The van der Waals surface area contributed by atoms with Gasteiger partial charge in [-0.15, -0.1) is 0 Å². The molecule has 0 aliphatic carbocycles. The van der Waals surface area contributed by atoms with Crippen molar-refractivity contribution in [3.8, 4) is 11.5 Å². The number of aryl methyl sites for hydroxylation is 3. The van der Waals surface area contributed by atoms with Gasteiger partial charge in [-0.2, -0.15) is 0 Å². The maximum atomic E-state index is 10.6. The van der Waals surface area contributed by atoms with E-state index >= 15 is 0 Å². The largest absolute Gasteiger partial charge is 0.454 e. The zero-order chi connectivity index (χ0) is 14.3. The molecule has 0 spiro atoms. The van der Waals surface area contributed by atoms with Gasteiger partial charge in [0.1, 0.15) is 6.10 Å². The van der Waals surface area contributed by atoms with Crippen molar-refractivity contribution in [2.45, 2.75) is 26.9 Å². The third kappa shape index (κ3) is 2.14. The number of aliphatic hydroxyl groups excluding tert-OH is 1. The summed E-state index contributed by atoms with van der Waals surface area (Å²) in [7, 11) is 0. The Morgan fingerprint density at radius 2 is 1.60 bits per heavy atom. The molecule has 0 amide bonds. The summed E-state index contributed by atoms with van der Waals surface area (Å²) in [5.74, 6) is 1.43. The Morgan fingerprint density at radius 1 is 0.900 bits per heavy atom. The average Bonchev–Trinajstić information content (AvgIpc) is 2.89. The minimum atomic E-state index is -0.649. The molecule has 2 aromatic rings. The maximum absolute atomic E-state index is 10.6. The van der Waals surface area contributed by atoms with Crippen LogP contribution in [0.4, 0.5) is 0 Å². The topological polar surface area (TPSA) is 38.7 Å². The van der Waals surface area contributed by atoms with Crippen LogP contribution in [0.25, 0.3) is 0 Å². The molecule has 0 saturated carbocycles. The quantitative estimate of drug-likeness (QED) is 0.908. The van der Waals surface area contributed by atoms with Crippen LogP contribution in [0.1, 0.15) is 33.9 Å². The predicted octanol–water partition coefficient (Wildman–Crippen LogP) is 3.42. The van der Waals surface area contributed by atoms with Gasteiger partial charge in [-0.25, -0.2) is 0 Å². The number of aliphatic hydroxyl groups is 1. The van der Waals surface area contributed by atoms with Gasteiger partial charge < -0.3 is 14.6 Å². The smallest absolute Gasteiger partial charge is 0.231 e. The lowest BCUT2D eigenvalue weighted by Crippen LogP contribution is -2.03. The van der Waals surface area contributed by atoms with Crippen molar-refractivity contribution in [2.24, 2.45) is 0 Å². The third-order valence-corrected chi connectivity index (χ3v) is 3.89. The van der Waals surface area contributed by atoms with Gasteiger partial charge >= 0.3 is 0 Å². The summed E-state index contributed by atoms with van der Waals surface area (Å²) in [4.78, 5) is 0. The Balaban J connectivity index is 2.00. The molecule has 1 aliphatic rings. The van der Waals surface area contributed by atoms with Crippen LogP contribution in [0.3, 0.4) is 0 Å². The van der Waals surface area contributed by atoms with Gasteiger partial charge in [0.25, 0.3) is 0 Å². The van der Waals surface area contributed by atoms with E-state index in [1.54, 1.807) is 0 Å². The van der Waals surface area contributed by atoms with Crippen LogP contribution >= 0.6 is 0 Å². The summed E-state index contributed by atoms with van der Waals surface area (Å²) in [6.07, 6.45) is -0.649. The molecule has 0 aromatic heterocycles. The molecule has 1 aliphatic heterocycles. The SMILES string of the molecule is Cc1cc(C)c(C(O)c2ccc3c(c2)OCO3)cc1C. The van der Waals surface area contributed by atoms with Crippen LogP contribution < -0.4 is 9.47 Å². The van der Waals surface area contributed by atoms with Crippen LogP contribution in [0.2, 0.25) is 0 Å². The fourth-order valence-electron chi connectivity index (χ4n) is 2.54. The second-order valence-electron chi connectivity index (χ2n) is 5.31. The highest BCUT2D eigenvalue weighted by atomic mass is 16.7. The van der Waals surface area contributed by atoms with E-state index < -0.39 is 6.10 Å². The molecule has 104 valence electrons. The third-order valence-electron chi connectivity index (χ3n) is 3.89. The number of benzene rings is 2. The minimum absolute atomic E-state index is 0.248. The van der Waals surface area contributed by atoms with E-state index in [2.05, 4.69) is 26.0 Å². The molecule has 3 rings (SSSR count). The summed E-state index contributed by atoms with van der Waals surface area (Å²) in [5, 5.41) is 10.6. The van der Waals surface area contributed by atoms with Gasteiger partial charge in [-0.3, -0.25) is 0 Å². The fourth-order valence-corrected chi connectivity index (χ4v) is 2.54. The molecular weight excluding hydrogens is 252 g/mol. The minimum Gasteiger partial charge on any atom is -0.454 e. The number of hydrogen-bond acceptors (Lipinski definition) is 3. The number of hydrogen-bond donors (Lipinski definition) is 1. The predicted molar refractivity (Wildman–Crippen MR) is 77.3 cm³/mol. The Morgan fingerprint density at radius 3 is 2.40 bits per heavy atom. The van der Waals surface area contributed by atoms with E-state index in [9.17, 15) is 5.11 Å². The van der Waals surface area contributed by atoms with Gasteiger partial charge in [-0.05, 0) is 60.7 Å². The molecule has 1 heterocycles. The zero-order valence-corrected chi connectivity index (χ0v) is 11.9. The maximum Gasteiger partial charge on any atom is 0.231 e. The molecule has 20 heavy (non-hydrogen) atoms. The Kier molecular flexibility index (Phi) is 3.14. The lowest BCUT2D eigenvalue weighted by Gasteiger charge is -2.16. The van der Waals surface area contributed by atoms with Crippen molar-refractivity contribution in [1.82, 2.24) is 0 Å². The van der Waals surface area contributed by atoms with Crippen LogP contribution in [0.5, 0.6) is 11.5 Å². The van der Waals surface area contributed by atoms with Crippen molar-refractivity contribution in [3.05, 3.63) is 58.1 Å². The molecule has 1 unspecified atom stereocenters. The van der Waals surface area contributed by atoms with Crippen molar-refractivity contribution >= 4 is 0 Å². The molecule has 3 nitrogen and oxygen atoms in total. The van der Waals surface area contributed by atoms with Crippen molar-refractivity contribution in [2.75, 3.05) is 6.79 Å². The van der Waals surface area contributed by atoms with E-state index in [0.29, 0.717) is 5.75 Å². The molecule has 0 fully saturated rings. The van der Waals surface area contributed by atoms with Crippen LogP contribution in [-0.4, -0.2) is 11.9 Å². The standard InChI is InChI=1S/C17H18O3/c1-10-6-12(3)14(7-11(10)2)17(18)13-4-5-15-16(8-13)20-9-19-15/h4-8,17-18H,9H2,1-3H3. The van der Waals surface area contributed by atoms with Crippen LogP contribution in [0.15, 0.2) is 30.3 Å². The van der Waals surface area contributed by atoms with Gasteiger partial charge in [0.15, 0.2) is 11.5 Å². The molecule has 1 N–H and O–H groups in total. The lowest BCUT2D eigenvalue weighted by molar-refractivity contribution is 0.173. The first-order valence-corrected chi connectivity index (χ1v) is 6.71. The number of fused-ring (bicyclic) bond motifs is 1. The van der Waals surface area contributed by atoms with Gasteiger partial charge in [0.05, 0.1) is 0 Å². The van der Waals surface area contributed by atoms with Crippen molar-refractivity contribution in [1.29, 1.82) is 0 Å². The molecule has 1 atom stereocenters. The van der Waals surface area contributed by atoms with E-state index in [1.807, 2.05) is 25.1 Å². The van der Waals surface area contributed by atoms with Crippen molar-refractivity contribution in [3.63, 3.8) is 0 Å². The Hall–Kier alpha value is -2.00. The van der Waals surface area contributed by atoms with Crippen LogP contribution in [-0.2, 0) is 0 Å². The second-order valence-corrected chi connectivity index (χ2v) is 5.31. The summed E-state index contributed by atoms with van der Waals surface area (Å²) in [6.45, 7) is 6.42. The van der Waals surface area contributed by atoms with Gasteiger partial charge in [0.2, 0.25) is 6.79 Å². The first-order chi connectivity index (χ1) is 9.56. The van der Waals surface area contributed by atoms with Crippen molar-refractivity contribution < 1.29 is 14.6 Å². The van der Waals surface area contributed by atoms with E-state index in [0.717, 1.165) is 22.4 Å². The molecule has 0 saturated heterocycles. The van der Waals surface area contributed by atoms with Gasteiger partial charge in [0, 0.05) is 0 Å². The van der Waals surface area contributed by atoms with Gasteiger partial charge in [-0.1, -0.05) is 18.2 Å². The normalized spacial score (nSPS) is 14.4. The van der Waals surface area contributed by atoms with E-state index in [4.69, 9.17) is 9.47 Å². The number of ether oxygens (including phenoxy) is 2. The summed E-state index contributed by atoms with van der Waals surface area (Å²) >= 11 is 0. The second kappa shape index (κ2) is 4.84. The fraction of sp³-hybridized carbons (Fsp3) is 0.294. The Labute approximate surface area is 118 Å². The first kappa shape index (κ1) is 13.0. The summed E-state index contributed by atoms with van der Waals surface area (Å²) in [5.41, 5.74) is 5.28. The molecule has 2 aromatic carbocycles. The van der Waals surface area contributed by atoms with Crippen LogP contribution in [0, 0.1) is 20.8 Å². The highest BCUT2D eigenvalue weighted by Gasteiger charge is 2.19. The first-order valence-electron chi connectivity index (χ1n) is 6.71. The lowest BCUT2D eigenvalue weighted by atomic mass is 9.93. The average molecular weight is 270 g/mol. The molecular formula is C17H18O3.